The van der Waals surface area contributed by atoms with Crippen LogP contribution < -0.4 is 5.32 Å². The molecule has 2 rings (SSSR count). The van der Waals surface area contributed by atoms with Crippen molar-refractivity contribution >= 4 is 22.9 Å². The van der Waals surface area contributed by atoms with E-state index in [9.17, 15) is 4.39 Å². The maximum atomic E-state index is 14.2. The van der Waals surface area contributed by atoms with E-state index >= 15 is 0 Å². The second kappa shape index (κ2) is 6.51. The standard InChI is InChI=1S/C15H17ClFNS/c1-3-9-18-15(13-8-7-10(2)19-13)11-5-4-6-12(16)14(11)17/h4-8,15,18H,3,9H2,1-2H3. The molecule has 1 aromatic heterocycles. The summed E-state index contributed by atoms with van der Waals surface area (Å²) >= 11 is 7.57. The van der Waals surface area contributed by atoms with Crippen molar-refractivity contribution in [1.82, 2.24) is 5.32 Å². The van der Waals surface area contributed by atoms with E-state index in [2.05, 4.69) is 25.2 Å². The quantitative estimate of drug-likeness (QED) is 0.824. The maximum Gasteiger partial charge on any atom is 0.146 e. The summed E-state index contributed by atoms with van der Waals surface area (Å²) < 4.78 is 14.2. The van der Waals surface area contributed by atoms with Gasteiger partial charge in [0.1, 0.15) is 5.82 Å². The van der Waals surface area contributed by atoms with Crippen LogP contribution in [0, 0.1) is 12.7 Å². The molecule has 0 spiro atoms. The van der Waals surface area contributed by atoms with Crippen LogP contribution in [-0.2, 0) is 0 Å². The number of halogens is 2. The van der Waals surface area contributed by atoms with E-state index in [1.165, 1.54) is 4.88 Å². The molecule has 0 bridgehead atoms. The molecule has 102 valence electrons. The average Bonchev–Trinajstić information content (AvgIpc) is 2.81. The van der Waals surface area contributed by atoms with Gasteiger partial charge in [-0.2, -0.15) is 0 Å². The maximum absolute atomic E-state index is 14.2. The van der Waals surface area contributed by atoms with Gasteiger partial charge in [0, 0.05) is 15.3 Å². The van der Waals surface area contributed by atoms with Crippen LogP contribution in [-0.4, -0.2) is 6.54 Å². The number of hydrogen-bond donors (Lipinski definition) is 1. The Bertz CT molecular complexity index is 553. The normalized spacial score (nSPS) is 12.6. The molecule has 1 unspecified atom stereocenters. The highest BCUT2D eigenvalue weighted by Gasteiger charge is 2.20. The summed E-state index contributed by atoms with van der Waals surface area (Å²) in [4.78, 5) is 2.34. The molecule has 0 aliphatic carbocycles. The second-order valence-corrected chi connectivity index (χ2v) is 6.21. The molecule has 1 N–H and O–H groups in total. The van der Waals surface area contributed by atoms with Crippen molar-refractivity contribution in [1.29, 1.82) is 0 Å². The third kappa shape index (κ3) is 3.35. The van der Waals surface area contributed by atoms with E-state index in [1.54, 1.807) is 29.5 Å². The summed E-state index contributed by atoms with van der Waals surface area (Å²) in [6.07, 6.45) is 1.00. The summed E-state index contributed by atoms with van der Waals surface area (Å²) in [5, 5.41) is 3.57. The van der Waals surface area contributed by atoms with Crippen molar-refractivity contribution in [2.45, 2.75) is 26.3 Å². The van der Waals surface area contributed by atoms with Crippen LogP contribution in [0.4, 0.5) is 4.39 Å². The molecule has 1 heterocycles. The largest absolute Gasteiger partial charge is 0.306 e. The van der Waals surface area contributed by atoms with Crippen molar-refractivity contribution < 1.29 is 4.39 Å². The van der Waals surface area contributed by atoms with Gasteiger partial charge in [-0.3, -0.25) is 0 Å². The number of hydrogen-bond acceptors (Lipinski definition) is 2. The molecule has 2 aromatic rings. The minimum Gasteiger partial charge on any atom is -0.306 e. The Balaban J connectivity index is 2.39. The lowest BCUT2D eigenvalue weighted by Crippen LogP contribution is -2.23. The SMILES string of the molecule is CCCNC(c1ccc(C)s1)c1cccc(Cl)c1F. The van der Waals surface area contributed by atoms with Crippen molar-refractivity contribution in [3.63, 3.8) is 0 Å². The molecule has 1 nitrogen and oxygen atoms in total. The van der Waals surface area contributed by atoms with E-state index in [0.717, 1.165) is 17.8 Å². The van der Waals surface area contributed by atoms with Gasteiger partial charge in [-0.25, -0.2) is 4.39 Å². The highest BCUT2D eigenvalue weighted by atomic mass is 35.5. The van der Waals surface area contributed by atoms with Gasteiger partial charge < -0.3 is 5.32 Å². The van der Waals surface area contributed by atoms with Crippen LogP contribution >= 0.6 is 22.9 Å². The lowest BCUT2D eigenvalue weighted by molar-refractivity contribution is 0.551. The van der Waals surface area contributed by atoms with Crippen LogP contribution in [0.1, 0.15) is 34.7 Å². The third-order valence-corrected chi connectivity index (χ3v) is 4.29. The Morgan fingerprint density at radius 1 is 1.32 bits per heavy atom. The van der Waals surface area contributed by atoms with Crippen molar-refractivity contribution in [2.75, 3.05) is 6.54 Å². The molecule has 4 heteroatoms. The van der Waals surface area contributed by atoms with Crippen LogP contribution in [0.3, 0.4) is 0 Å². The Morgan fingerprint density at radius 2 is 2.11 bits per heavy atom. The molecule has 0 radical (unpaired) electrons. The van der Waals surface area contributed by atoms with Gasteiger partial charge in [-0.05, 0) is 38.1 Å². The van der Waals surface area contributed by atoms with Crippen molar-refractivity contribution in [2.24, 2.45) is 0 Å². The first-order chi connectivity index (χ1) is 9.13. The van der Waals surface area contributed by atoms with Gasteiger partial charge in [0.25, 0.3) is 0 Å². The van der Waals surface area contributed by atoms with Crippen LogP contribution in [0.25, 0.3) is 0 Å². The molecular formula is C15H17ClFNS. The summed E-state index contributed by atoms with van der Waals surface area (Å²) in [7, 11) is 0. The Labute approximate surface area is 122 Å². The zero-order valence-corrected chi connectivity index (χ0v) is 12.6. The lowest BCUT2D eigenvalue weighted by Gasteiger charge is -2.18. The summed E-state index contributed by atoms with van der Waals surface area (Å²) in [5.41, 5.74) is 0.614. The minimum atomic E-state index is -0.330. The zero-order chi connectivity index (χ0) is 13.8. The van der Waals surface area contributed by atoms with E-state index in [0.29, 0.717) is 5.56 Å². The van der Waals surface area contributed by atoms with Crippen molar-refractivity contribution in [3.8, 4) is 0 Å². The van der Waals surface area contributed by atoms with Gasteiger partial charge in [0.05, 0.1) is 11.1 Å². The molecular weight excluding hydrogens is 281 g/mol. The fraction of sp³-hybridized carbons (Fsp3) is 0.333. The van der Waals surface area contributed by atoms with E-state index in [-0.39, 0.29) is 16.9 Å². The first-order valence-corrected chi connectivity index (χ1v) is 7.56. The van der Waals surface area contributed by atoms with Gasteiger partial charge in [-0.1, -0.05) is 30.7 Å². The number of nitrogens with one attached hydrogen (secondary N) is 1. The summed E-state index contributed by atoms with van der Waals surface area (Å²) in [6, 6.07) is 9.15. The predicted molar refractivity (Wildman–Crippen MR) is 80.6 cm³/mol. The van der Waals surface area contributed by atoms with Gasteiger partial charge in [0.2, 0.25) is 0 Å². The molecule has 19 heavy (non-hydrogen) atoms. The van der Waals surface area contributed by atoms with E-state index in [1.807, 2.05) is 6.07 Å². The Hall–Kier alpha value is -0.900. The molecule has 0 saturated carbocycles. The number of benzene rings is 1. The highest BCUT2D eigenvalue weighted by molar-refractivity contribution is 7.12. The van der Waals surface area contributed by atoms with E-state index in [4.69, 9.17) is 11.6 Å². The number of rotatable bonds is 5. The monoisotopic (exact) mass is 297 g/mol. The first kappa shape index (κ1) is 14.5. The Kier molecular flexibility index (Phi) is 4.97. The van der Waals surface area contributed by atoms with E-state index < -0.39 is 0 Å². The fourth-order valence-electron chi connectivity index (χ4n) is 2.00. The molecule has 1 atom stereocenters. The van der Waals surface area contributed by atoms with Crippen LogP contribution in [0.5, 0.6) is 0 Å². The Morgan fingerprint density at radius 3 is 2.74 bits per heavy atom. The average molecular weight is 298 g/mol. The summed E-state index contributed by atoms with van der Waals surface area (Å²) in [6.45, 7) is 4.99. The molecule has 0 saturated heterocycles. The second-order valence-electron chi connectivity index (χ2n) is 4.48. The van der Waals surface area contributed by atoms with Crippen LogP contribution in [0.15, 0.2) is 30.3 Å². The third-order valence-electron chi connectivity index (χ3n) is 2.94. The fourth-order valence-corrected chi connectivity index (χ4v) is 3.16. The van der Waals surface area contributed by atoms with Crippen molar-refractivity contribution in [3.05, 3.63) is 56.5 Å². The zero-order valence-electron chi connectivity index (χ0n) is 11.0. The summed E-state index contributed by atoms with van der Waals surface area (Å²) in [5.74, 6) is -0.330. The molecule has 0 aliphatic rings. The molecule has 0 fully saturated rings. The lowest BCUT2D eigenvalue weighted by atomic mass is 10.0. The number of thiophene rings is 1. The molecule has 0 aliphatic heterocycles. The highest BCUT2D eigenvalue weighted by Crippen LogP contribution is 2.31. The first-order valence-electron chi connectivity index (χ1n) is 6.37. The molecule has 0 amide bonds. The predicted octanol–water partition coefficient (Wildman–Crippen LogP) is 4.94. The number of aryl methyl sites for hydroxylation is 1. The molecule has 1 aromatic carbocycles. The van der Waals surface area contributed by atoms with Gasteiger partial charge in [-0.15, -0.1) is 11.3 Å². The minimum absolute atomic E-state index is 0.127. The van der Waals surface area contributed by atoms with Gasteiger partial charge >= 0.3 is 0 Å². The van der Waals surface area contributed by atoms with Gasteiger partial charge in [0.15, 0.2) is 0 Å². The smallest absolute Gasteiger partial charge is 0.146 e. The topological polar surface area (TPSA) is 12.0 Å². The van der Waals surface area contributed by atoms with Crippen LogP contribution in [0.2, 0.25) is 5.02 Å².